The lowest BCUT2D eigenvalue weighted by Gasteiger charge is -2.37. The molecule has 3 saturated heterocycles. The molecule has 3 amide bonds. The molecule has 3 fully saturated rings. The van der Waals surface area contributed by atoms with Gasteiger partial charge in [-0.1, -0.05) is 71.8 Å². The average Bonchev–Trinajstić information content (AvgIpc) is 3.62. The molecule has 2 bridgehead atoms. The molecule has 1 aromatic carbocycles. The molecule has 246 valence electrons. The molecular formula is C34H46BrN3O7. The van der Waals surface area contributed by atoms with E-state index in [1.54, 1.807) is 24.0 Å². The summed E-state index contributed by atoms with van der Waals surface area (Å²) < 4.78 is 12.8. The average molecular weight is 689 g/mol. The largest absolute Gasteiger partial charge is 0.455 e. The Hall–Kier alpha value is -3.02. The lowest BCUT2D eigenvalue weighted by Crippen LogP contribution is -2.57. The van der Waals surface area contributed by atoms with Gasteiger partial charge in [0.05, 0.1) is 24.0 Å². The fourth-order valence-electron chi connectivity index (χ4n) is 7.07. The first-order valence-electron chi connectivity index (χ1n) is 15.9. The van der Waals surface area contributed by atoms with Crippen LogP contribution in [0.15, 0.2) is 55.6 Å². The highest BCUT2D eigenvalue weighted by Gasteiger charge is 2.77. The van der Waals surface area contributed by atoms with Gasteiger partial charge in [0.1, 0.15) is 17.7 Å². The monoisotopic (exact) mass is 687 g/mol. The van der Waals surface area contributed by atoms with Crippen molar-refractivity contribution in [3.8, 4) is 0 Å². The Morgan fingerprint density at radius 3 is 2.62 bits per heavy atom. The number of aliphatic hydroxyl groups is 1. The summed E-state index contributed by atoms with van der Waals surface area (Å²) in [6, 6.07) is 7.65. The van der Waals surface area contributed by atoms with Gasteiger partial charge in [-0.05, 0) is 38.2 Å². The van der Waals surface area contributed by atoms with Gasteiger partial charge in [-0.3, -0.25) is 19.2 Å². The molecule has 3 heterocycles. The minimum Gasteiger partial charge on any atom is -0.455 e. The molecule has 0 aromatic heterocycles. The van der Waals surface area contributed by atoms with Gasteiger partial charge in [-0.2, -0.15) is 0 Å². The lowest BCUT2D eigenvalue weighted by atomic mass is 9.70. The number of allylic oxidation sites excluding steroid dienone is 1. The van der Waals surface area contributed by atoms with E-state index in [2.05, 4.69) is 34.4 Å². The predicted octanol–water partition coefficient (Wildman–Crippen LogP) is 3.69. The van der Waals surface area contributed by atoms with Crippen molar-refractivity contribution in [3.05, 3.63) is 61.2 Å². The summed E-state index contributed by atoms with van der Waals surface area (Å²) in [7, 11) is 0. The van der Waals surface area contributed by atoms with E-state index >= 15 is 0 Å². The van der Waals surface area contributed by atoms with E-state index in [9.17, 15) is 24.3 Å². The lowest BCUT2D eigenvalue weighted by molar-refractivity contribution is -0.162. The smallest absolute Gasteiger partial charge is 0.313 e. The minimum atomic E-state index is -1.23. The molecule has 11 heteroatoms. The fourth-order valence-corrected chi connectivity index (χ4v) is 8.01. The number of hydrogen-bond acceptors (Lipinski definition) is 7. The molecule has 0 aliphatic carbocycles. The highest BCUT2D eigenvalue weighted by Crippen LogP contribution is 2.60. The molecule has 10 nitrogen and oxygen atoms in total. The van der Waals surface area contributed by atoms with Gasteiger partial charge >= 0.3 is 5.97 Å². The highest BCUT2D eigenvalue weighted by atomic mass is 79.9. The molecule has 1 unspecified atom stereocenters. The van der Waals surface area contributed by atoms with E-state index in [-0.39, 0.29) is 48.5 Å². The van der Waals surface area contributed by atoms with Crippen LogP contribution in [0.1, 0.15) is 64.0 Å². The Kier molecular flexibility index (Phi) is 12.0. The zero-order chi connectivity index (χ0) is 32.7. The number of aliphatic hydroxyl groups excluding tert-OH is 1. The van der Waals surface area contributed by atoms with Crippen molar-refractivity contribution in [2.75, 3.05) is 26.2 Å². The van der Waals surface area contributed by atoms with Gasteiger partial charge in [0, 0.05) is 37.5 Å². The van der Waals surface area contributed by atoms with Crippen molar-refractivity contribution >= 4 is 39.6 Å². The van der Waals surface area contributed by atoms with E-state index < -0.39 is 47.7 Å². The number of unbranched alkanes of at least 4 members (excludes halogenated alkanes) is 1. The van der Waals surface area contributed by atoms with Crippen molar-refractivity contribution in [1.82, 2.24) is 15.1 Å². The number of ether oxygens (including phenoxy) is 2. The summed E-state index contributed by atoms with van der Waals surface area (Å²) in [5, 5.41) is 12.6. The van der Waals surface area contributed by atoms with Crippen LogP contribution in [0.4, 0.5) is 0 Å². The van der Waals surface area contributed by atoms with Crippen LogP contribution in [-0.4, -0.2) is 93.5 Å². The number of fused-ring (bicyclic) bond motifs is 1. The second-order valence-electron chi connectivity index (χ2n) is 12.2. The zero-order valence-corrected chi connectivity index (χ0v) is 27.8. The van der Waals surface area contributed by atoms with Crippen LogP contribution in [0, 0.1) is 11.8 Å². The molecule has 4 rings (SSSR count). The highest BCUT2D eigenvalue weighted by molar-refractivity contribution is 9.09. The quantitative estimate of drug-likeness (QED) is 0.145. The van der Waals surface area contributed by atoms with Crippen molar-refractivity contribution in [2.24, 2.45) is 11.8 Å². The molecule has 3 aliphatic rings. The van der Waals surface area contributed by atoms with Gasteiger partial charge in [0.25, 0.3) is 0 Å². The number of carbonyl (C=O) groups is 4. The number of esters is 1. The van der Waals surface area contributed by atoms with Crippen LogP contribution >= 0.6 is 15.9 Å². The number of benzene rings is 1. The molecule has 0 radical (unpaired) electrons. The maximum atomic E-state index is 14.3. The topological polar surface area (TPSA) is 125 Å². The Labute approximate surface area is 274 Å². The standard InChI is InChI=1S/C34H46BrN3O7/c1-5-8-16-25(40)36-22(4)28(23-14-11-10-12-15-23)44-33(43)26-27-31(41)38(19-13-20-39)30(34(27)21-24(35)29(26)45-34)32(42)37(17-7-3)18-9-6-2/h5,7,10-12,14-15,22,24,26-30,39H,1,3,6,8-9,13,16-21H2,2,4H3,(H,36,40)/t22-,24?,26-,27+,28-,29-,30-,34+/m1/s1. The third kappa shape index (κ3) is 7.05. The van der Waals surface area contributed by atoms with Crippen molar-refractivity contribution < 1.29 is 33.8 Å². The third-order valence-corrected chi connectivity index (χ3v) is 9.93. The molecular weight excluding hydrogens is 642 g/mol. The summed E-state index contributed by atoms with van der Waals surface area (Å²) in [5.74, 6) is -3.30. The number of hydrogen-bond donors (Lipinski definition) is 2. The fraction of sp³-hybridized carbons (Fsp3) is 0.588. The van der Waals surface area contributed by atoms with Crippen molar-refractivity contribution in [3.63, 3.8) is 0 Å². The summed E-state index contributed by atoms with van der Waals surface area (Å²) in [4.78, 5) is 58.2. The molecule has 45 heavy (non-hydrogen) atoms. The number of nitrogens with zero attached hydrogens (tertiary/aromatic N) is 2. The van der Waals surface area contributed by atoms with Gasteiger partial charge in [0.2, 0.25) is 17.7 Å². The first-order chi connectivity index (χ1) is 21.6. The number of amides is 3. The number of likely N-dealkylation sites (tertiary alicyclic amines) is 1. The van der Waals surface area contributed by atoms with E-state index in [1.807, 2.05) is 37.3 Å². The Bertz CT molecular complexity index is 1250. The molecule has 3 aliphatic heterocycles. The summed E-state index contributed by atoms with van der Waals surface area (Å²) in [6.07, 6.45) is 4.93. The van der Waals surface area contributed by atoms with E-state index in [4.69, 9.17) is 9.47 Å². The van der Waals surface area contributed by atoms with E-state index in [0.29, 0.717) is 31.5 Å². The number of rotatable bonds is 17. The van der Waals surface area contributed by atoms with E-state index in [0.717, 1.165) is 12.8 Å². The number of carbonyl (C=O) groups excluding carboxylic acids is 4. The molecule has 1 aromatic rings. The summed E-state index contributed by atoms with van der Waals surface area (Å²) in [5.41, 5.74) is -0.534. The third-order valence-electron chi connectivity index (χ3n) is 9.08. The molecule has 8 atom stereocenters. The molecule has 0 saturated carbocycles. The number of halogens is 1. The number of nitrogens with one attached hydrogen (secondary N) is 1. The maximum absolute atomic E-state index is 14.3. The summed E-state index contributed by atoms with van der Waals surface area (Å²) in [6.45, 7) is 12.1. The van der Waals surface area contributed by atoms with Gasteiger partial charge in [-0.25, -0.2) is 0 Å². The Morgan fingerprint density at radius 2 is 1.98 bits per heavy atom. The second-order valence-corrected chi connectivity index (χ2v) is 13.3. The second kappa shape index (κ2) is 15.5. The summed E-state index contributed by atoms with van der Waals surface area (Å²) >= 11 is 3.70. The SMILES string of the molecule is C=CCCC(=O)N[C@H](C)[C@@H](OC(=O)[C@H]1[C@@H]2O[C@@]3(CC2Br)[C@@H]1C(=O)N(CCCO)[C@@H]3C(=O)N(CC=C)CCCC)c1ccccc1. The van der Waals surface area contributed by atoms with Crippen LogP contribution < -0.4 is 5.32 Å². The number of alkyl halides is 1. The normalized spacial score (nSPS) is 27.9. The Morgan fingerprint density at radius 1 is 1.24 bits per heavy atom. The van der Waals surface area contributed by atoms with Gasteiger partial charge < -0.3 is 29.7 Å². The van der Waals surface area contributed by atoms with E-state index in [1.165, 1.54) is 4.90 Å². The van der Waals surface area contributed by atoms with Crippen LogP contribution in [-0.2, 0) is 28.7 Å². The maximum Gasteiger partial charge on any atom is 0.313 e. The van der Waals surface area contributed by atoms with Crippen LogP contribution in [0.5, 0.6) is 0 Å². The van der Waals surface area contributed by atoms with Gasteiger partial charge in [-0.15, -0.1) is 13.2 Å². The first-order valence-corrected chi connectivity index (χ1v) is 16.8. The molecule has 1 spiro atoms. The van der Waals surface area contributed by atoms with Gasteiger partial charge in [0.15, 0.2) is 0 Å². The predicted molar refractivity (Wildman–Crippen MR) is 173 cm³/mol. The Balaban J connectivity index is 1.67. The van der Waals surface area contributed by atoms with Crippen LogP contribution in [0.3, 0.4) is 0 Å². The first kappa shape index (κ1) is 34.8. The minimum absolute atomic E-state index is 0.153. The van der Waals surface area contributed by atoms with Crippen LogP contribution in [0.2, 0.25) is 0 Å². The van der Waals surface area contributed by atoms with Crippen LogP contribution in [0.25, 0.3) is 0 Å². The van der Waals surface area contributed by atoms with Crippen molar-refractivity contribution in [1.29, 1.82) is 0 Å². The molecule has 2 N–H and O–H groups in total. The van der Waals surface area contributed by atoms with Crippen molar-refractivity contribution in [2.45, 2.75) is 87.1 Å². The zero-order valence-electron chi connectivity index (χ0n) is 26.2.